The molecule has 1 amide bonds. The molecule has 0 bridgehead atoms. The summed E-state index contributed by atoms with van der Waals surface area (Å²) in [5.41, 5.74) is 1.92. The fourth-order valence-electron chi connectivity index (χ4n) is 2.44. The average Bonchev–Trinajstić information content (AvgIpc) is 2.60. The molecule has 8 heteroatoms. The first-order valence-electron chi connectivity index (χ1n) is 7.87. The van der Waals surface area contributed by atoms with E-state index in [2.05, 4.69) is 5.32 Å². The highest BCUT2D eigenvalue weighted by molar-refractivity contribution is 7.88. The van der Waals surface area contributed by atoms with Gasteiger partial charge >= 0.3 is 0 Å². The number of sulfonamides is 1. The van der Waals surface area contributed by atoms with Crippen LogP contribution in [0.15, 0.2) is 48.5 Å². The van der Waals surface area contributed by atoms with Crippen molar-refractivity contribution in [2.45, 2.75) is 5.75 Å². The summed E-state index contributed by atoms with van der Waals surface area (Å²) in [6, 6.07) is 11.9. The molecular formula is C18H18N2O5S. The van der Waals surface area contributed by atoms with Crippen molar-refractivity contribution in [1.29, 1.82) is 0 Å². The SMILES string of the molecule is NS(=O)(=O)Cc1ccc(NC(=O)/C=C/c2ccc3c(c2)OCCO3)cc1. The van der Waals surface area contributed by atoms with Gasteiger partial charge in [0.25, 0.3) is 0 Å². The molecule has 1 aliphatic rings. The van der Waals surface area contributed by atoms with Crippen molar-refractivity contribution in [3.63, 3.8) is 0 Å². The zero-order valence-corrected chi connectivity index (χ0v) is 14.7. The van der Waals surface area contributed by atoms with E-state index in [0.29, 0.717) is 36.0 Å². The van der Waals surface area contributed by atoms with Gasteiger partial charge in [-0.25, -0.2) is 13.6 Å². The van der Waals surface area contributed by atoms with E-state index in [0.717, 1.165) is 5.56 Å². The summed E-state index contributed by atoms with van der Waals surface area (Å²) in [6.07, 6.45) is 3.08. The van der Waals surface area contributed by atoms with Crippen molar-refractivity contribution in [2.24, 2.45) is 5.14 Å². The van der Waals surface area contributed by atoms with Crippen molar-refractivity contribution >= 4 is 27.7 Å². The smallest absolute Gasteiger partial charge is 0.248 e. The Kier molecular flexibility index (Phi) is 5.24. The molecule has 26 heavy (non-hydrogen) atoms. The van der Waals surface area contributed by atoms with Crippen LogP contribution in [-0.2, 0) is 20.6 Å². The average molecular weight is 374 g/mol. The van der Waals surface area contributed by atoms with Crippen LogP contribution >= 0.6 is 0 Å². The minimum Gasteiger partial charge on any atom is -0.486 e. The topological polar surface area (TPSA) is 108 Å². The summed E-state index contributed by atoms with van der Waals surface area (Å²) in [6.45, 7) is 1.03. The lowest BCUT2D eigenvalue weighted by molar-refractivity contribution is -0.111. The van der Waals surface area contributed by atoms with Crippen LogP contribution in [0.2, 0.25) is 0 Å². The monoisotopic (exact) mass is 374 g/mol. The van der Waals surface area contributed by atoms with Gasteiger partial charge in [-0.05, 0) is 41.5 Å². The van der Waals surface area contributed by atoms with Gasteiger partial charge in [0.05, 0.1) is 5.75 Å². The number of nitrogens with one attached hydrogen (secondary N) is 1. The molecule has 2 aromatic carbocycles. The van der Waals surface area contributed by atoms with Gasteiger partial charge in [-0.15, -0.1) is 0 Å². The Morgan fingerprint density at radius 2 is 1.77 bits per heavy atom. The number of primary sulfonamides is 1. The Morgan fingerprint density at radius 1 is 1.08 bits per heavy atom. The van der Waals surface area contributed by atoms with Gasteiger partial charge < -0.3 is 14.8 Å². The third kappa shape index (κ3) is 5.08. The number of carbonyl (C=O) groups excluding carboxylic acids is 1. The minimum absolute atomic E-state index is 0.245. The van der Waals surface area contributed by atoms with Gasteiger partial charge in [0.1, 0.15) is 13.2 Å². The molecule has 0 fully saturated rings. The van der Waals surface area contributed by atoms with E-state index in [-0.39, 0.29) is 11.7 Å². The van der Waals surface area contributed by atoms with Crippen LogP contribution in [0.1, 0.15) is 11.1 Å². The maximum absolute atomic E-state index is 12.0. The molecule has 0 radical (unpaired) electrons. The summed E-state index contributed by atoms with van der Waals surface area (Å²) in [7, 11) is -3.58. The molecule has 0 spiro atoms. The second kappa shape index (κ2) is 7.59. The minimum atomic E-state index is -3.58. The molecule has 136 valence electrons. The number of hydrogen-bond acceptors (Lipinski definition) is 5. The predicted octanol–water partition coefficient (Wildman–Crippen LogP) is 1.90. The number of hydrogen-bond donors (Lipinski definition) is 2. The maximum atomic E-state index is 12.0. The Labute approximate surface area is 151 Å². The Balaban J connectivity index is 1.61. The highest BCUT2D eigenvalue weighted by atomic mass is 32.2. The Morgan fingerprint density at radius 3 is 2.46 bits per heavy atom. The third-order valence-electron chi connectivity index (χ3n) is 3.58. The lowest BCUT2D eigenvalue weighted by atomic mass is 10.1. The molecule has 2 aromatic rings. The highest BCUT2D eigenvalue weighted by Gasteiger charge is 2.11. The molecule has 0 aromatic heterocycles. The van der Waals surface area contributed by atoms with Crippen molar-refractivity contribution in [2.75, 3.05) is 18.5 Å². The van der Waals surface area contributed by atoms with Crippen LogP contribution in [0.5, 0.6) is 11.5 Å². The van der Waals surface area contributed by atoms with Gasteiger partial charge in [-0.1, -0.05) is 18.2 Å². The fraction of sp³-hybridized carbons (Fsp3) is 0.167. The number of ether oxygens (including phenoxy) is 2. The Hall–Kier alpha value is -2.84. The predicted molar refractivity (Wildman–Crippen MR) is 98.3 cm³/mol. The molecule has 3 rings (SSSR count). The second-order valence-electron chi connectivity index (χ2n) is 5.73. The van der Waals surface area contributed by atoms with Crippen LogP contribution in [0.25, 0.3) is 6.08 Å². The van der Waals surface area contributed by atoms with E-state index in [4.69, 9.17) is 14.6 Å². The lowest BCUT2D eigenvalue weighted by Gasteiger charge is -2.18. The third-order valence-corrected chi connectivity index (χ3v) is 4.32. The summed E-state index contributed by atoms with van der Waals surface area (Å²) in [5, 5.41) is 7.70. The van der Waals surface area contributed by atoms with Crippen molar-refractivity contribution in [3.8, 4) is 11.5 Å². The molecule has 1 heterocycles. The van der Waals surface area contributed by atoms with Gasteiger partial charge in [-0.3, -0.25) is 4.79 Å². The van der Waals surface area contributed by atoms with Crippen LogP contribution in [0.3, 0.4) is 0 Å². The van der Waals surface area contributed by atoms with Gasteiger partial charge in [0.15, 0.2) is 11.5 Å². The zero-order valence-electron chi connectivity index (χ0n) is 13.8. The van der Waals surface area contributed by atoms with E-state index in [1.165, 1.54) is 6.08 Å². The molecule has 0 aliphatic carbocycles. The number of anilines is 1. The first kappa shape index (κ1) is 18.0. The quantitative estimate of drug-likeness (QED) is 0.777. The van der Waals surface area contributed by atoms with Gasteiger partial charge in [0, 0.05) is 11.8 Å². The van der Waals surface area contributed by atoms with E-state index in [9.17, 15) is 13.2 Å². The fourth-order valence-corrected chi connectivity index (χ4v) is 3.09. The summed E-state index contributed by atoms with van der Waals surface area (Å²) in [4.78, 5) is 12.0. The molecule has 1 aliphatic heterocycles. The lowest BCUT2D eigenvalue weighted by Crippen LogP contribution is -2.15. The summed E-state index contributed by atoms with van der Waals surface area (Å²) < 4.78 is 33.1. The Bertz CT molecular complexity index is 937. The molecule has 3 N–H and O–H groups in total. The van der Waals surface area contributed by atoms with Crippen LogP contribution in [-0.4, -0.2) is 27.5 Å². The van der Waals surface area contributed by atoms with Crippen LogP contribution < -0.4 is 19.9 Å². The van der Waals surface area contributed by atoms with E-state index in [1.54, 1.807) is 42.5 Å². The molecular weight excluding hydrogens is 356 g/mol. The number of rotatable bonds is 5. The number of fused-ring (bicyclic) bond motifs is 1. The number of nitrogens with two attached hydrogens (primary N) is 1. The van der Waals surface area contributed by atoms with Crippen LogP contribution in [0.4, 0.5) is 5.69 Å². The zero-order chi connectivity index (χ0) is 18.6. The standard InChI is InChI=1S/C18H18N2O5S/c19-26(22,23)12-14-1-5-15(6-2-14)20-18(21)8-4-13-3-7-16-17(11-13)25-10-9-24-16/h1-8,11H,9-10,12H2,(H,20,21)(H2,19,22,23)/b8-4+. The van der Waals surface area contributed by atoms with Crippen molar-refractivity contribution in [1.82, 2.24) is 0 Å². The van der Waals surface area contributed by atoms with E-state index >= 15 is 0 Å². The van der Waals surface area contributed by atoms with Crippen LogP contribution in [0, 0.1) is 0 Å². The first-order chi connectivity index (χ1) is 12.4. The molecule has 0 unspecified atom stereocenters. The normalized spacial score (nSPS) is 13.6. The van der Waals surface area contributed by atoms with E-state index in [1.807, 2.05) is 6.07 Å². The number of benzene rings is 2. The van der Waals surface area contributed by atoms with Gasteiger partial charge in [-0.2, -0.15) is 0 Å². The second-order valence-corrected chi connectivity index (χ2v) is 7.34. The number of carbonyl (C=O) groups is 1. The summed E-state index contributed by atoms with van der Waals surface area (Å²) >= 11 is 0. The van der Waals surface area contributed by atoms with Crippen molar-refractivity contribution in [3.05, 3.63) is 59.7 Å². The maximum Gasteiger partial charge on any atom is 0.248 e. The molecule has 0 saturated heterocycles. The molecule has 7 nitrogen and oxygen atoms in total. The largest absolute Gasteiger partial charge is 0.486 e. The highest BCUT2D eigenvalue weighted by Crippen LogP contribution is 2.31. The first-order valence-corrected chi connectivity index (χ1v) is 9.59. The molecule has 0 atom stereocenters. The van der Waals surface area contributed by atoms with Crippen molar-refractivity contribution < 1.29 is 22.7 Å². The van der Waals surface area contributed by atoms with Gasteiger partial charge in [0.2, 0.25) is 15.9 Å². The van der Waals surface area contributed by atoms with E-state index < -0.39 is 10.0 Å². The summed E-state index contributed by atoms with van der Waals surface area (Å²) in [5.74, 6) is 0.798. The number of amides is 1. The molecule has 0 saturated carbocycles.